The lowest BCUT2D eigenvalue weighted by Gasteiger charge is -2.44. The molecule has 3 aliphatic heterocycles. The second kappa shape index (κ2) is 7.97. The molecule has 6 nitrogen and oxygen atoms in total. The summed E-state index contributed by atoms with van der Waals surface area (Å²) in [5, 5.41) is 0. The Morgan fingerprint density at radius 3 is 2.53 bits per heavy atom. The Morgan fingerprint density at radius 1 is 0.912 bits per heavy atom. The van der Waals surface area contributed by atoms with Gasteiger partial charge >= 0.3 is 5.97 Å². The van der Waals surface area contributed by atoms with Gasteiger partial charge in [-0.2, -0.15) is 0 Å². The zero-order valence-electron chi connectivity index (χ0n) is 19.0. The average molecular weight is 455 g/mol. The first-order valence-corrected chi connectivity index (χ1v) is 11.8. The smallest absolute Gasteiger partial charge is 0.339 e. The van der Waals surface area contributed by atoms with Crippen molar-refractivity contribution in [2.45, 2.75) is 37.8 Å². The van der Waals surface area contributed by atoms with Gasteiger partial charge < -0.3 is 14.2 Å². The molecular weight excluding hydrogens is 428 g/mol. The molecule has 0 aliphatic carbocycles. The zero-order chi connectivity index (χ0) is 23.4. The van der Waals surface area contributed by atoms with Gasteiger partial charge in [0, 0.05) is 37.3 Å². The Morgan fingerprint density at radius 2 is 1.71 bits per heavy atom. The van der Waals surface area contributed by atoms with E-state index < -0.39 is 18.0 Å². The van der Waals surface area contributed by atoms with Crippen molar-refractivity contribution in [3.05, 3.63) is 105 Å². The molecule has 1 aromatic heterocycles. The SMILES string of the molecule is Cc1ccc(C2OC(=O)c3ccccc3C2C(=O)N2CC3CC(C2)c2cccc(=O)n2C3)cc1. The fraction of sp³-hybridized carbons (Fsp3) is 0.321. The molecule has 3 aromatic rings. The van der Waals surface area contributed by atoms with E-state index in [0.29, 0.717) is 25.2 Å². The van der Waals surface area contributed by atoms with E-state index in [0.717, 1.165) is 28.8 Å². The highest BCUT2D eigenvalue weighted by Gasteiger charge is 2.45. The first-order valence-electron chi connectivity index (χ1n) is 11.8. The van der Waals surface area contributed by atoms with Gasteiger partial charge in [-0.05, 0) is 42.5 Å². The summed E-state index contributed by atoms with van der Waals surface area (Å²) in [5.41, 5.74) is 4.14. The topological polar surface area (TPSA) is 68.6 Å². The van der Waals surface area contributed by atoms with Crippen LogP contribution in [-0.2, 0) is 16.1 Å². The number of ether oxygens (including phenoxy) is 1. The van der Waals surface area contributed by atoms with Crippen LogP contribution in [0.3, 0.4) is 0 Å². The van der Waals surface area contributed by atoms with E-state index in [4.69, 9.17) is 4.74 Å². The largest absolute Gasteiger partial charge is 0.453 e. The van der Waals surface area contributed by atoms with Crippen molar-refractivity contribution in [3.8, 4) is 0 Å². The maximum absolute atomic E-state index is 14.1. The van der Waals surface area contributed by atoms with Gasteiger partial charge in [0.15, 0.2) is 0 Å². The summed E-state index contributed by atoms with van der Waals surface area (Å²) < 4.78 is 7.77. The van der Waals surface area contributed by atoms with E-state index in [9.17, 15) is 14.4 Å². The van der Waals surface area contributed by atoms with Gasteiger partial charge in [0.05, 0.1) is 5.56 Å². The van der Waals surface area contributed by atoms with Crippen LogP contribution in [0, 0.1) is 12.8 Å². The summed E-state index contributed by atoms with van der Waals surface area (Å²) in [4.78, 5) is 41.3. The summed E-state index contributed by atoms with van der Waals surface area (Å²) in [6.07, 6.45) is 0.303. The highest BCUT2D eigenvalue weighted by Crippen LogP contribution is 2.44. The third-order valence-electron chi connectivity index (χ3n) is 7.52. The predicted molar refractivity (Wildman–Crippen MR) is 127 cm³/mol. The Hall–Kier alpha value is -3.67. The number of esters is 1. The van der Waals surface area contributed by atoms with Gasteiger partial charge in [-0.15, -0.1) is 0 Å². The molecule has 6 heteroatoms. The standard InChI is InChI=1S/C28H26N2O4/c1-17-9-11-19(12-10-17)26-25(21-5-2-3-6-22(21)28(33)34-26)27(32)29-14-18-13-20(16-29)23-7-4-8-24(31)30(23)15-18/h2-12,18,20,25-26H,13-16H2,1H3. The van der Waals surface area contributed by atoms with Crippen LogP contribution in [-0.4, -0.2) is 34.4 Å². The lowest BCUT2D eigenvalue weighted by molar-refractivity contribution is -0.139. The van der Waals surface area contributed by atoms with Crippen LogP contribution in [0.1, 0.15) is 57.1 Å². The van der Waals surface area contributed by atoms with Gasteiger partial charge in [0.1, 0.15) is 12.0 Å². The number of fused-ring (bicyclic) bond motifs is 5. The number of amides is 1. The van der Waals surface area contributed by atoms with E-state index in [1.807, 2.05) is 58.9 Å². The van der Waals surface area contributed by atoms with E-state index in [1.54, 1.807) is 24.3 Å². The number of cyclic esters (lactones) is 1. The Labute approximate surface area is 197 Å². The van der Waals surface area contributed by atoms with E-state index in [1.165, 1.54) is 0 Å². The molecule has 0 saturated carbocycles. The van der Waals surface area contributed by atoms with Crippen molar-refractivity contribution in [3.63, 3.8) is 0 Å². The predicted octanol–water partition coefficient (Wildman–Crippen LogP) is 3.80. The number of hydrogen-bond donors (Lipinski definition) is 0. The van der Waals surface area contributed by atoms with E-state index in [2.05, 4.69) is 0 Å². The summed E-state index contributed by atoms with van der Waals surface area (Å²) >= 11 is 0. The average Bonchev–Trinajstić information content (AvgIpc) is 2.85. The third kappa shape index (κ3) is 3.36. The van der Waals surface area contributed by atoms with Gasteiger partial charge in [-0.25, -0.2) is 4.79 Å². The first-order chi connectivity index (χ1) is 16.5. The molecule has 1 fully saturated rings. The van der Waals surface area contributed by atoms with Gasteiger partial charge in [0.2, 0.25) is 5.91 Å². The lowest BCUT2D eigenvalue weighted by atomic mass is 9.80. The summed E-state index contributed by atoms with van der Waals surface area (Å²) in [6.45, 7) is 3.80. The number of rotatable bonds is 2. The molecule has 1 saturated heterocycles. The molecule has 1 amide bonds. The second-order valence-electron chi connectivity index (χ2n) is 9.74. The van der Waals surface area contributed by atoms with Crippen LogP contribution in [0.5, 0.6) is 0 Å². The number of nitrogens with zero attached hydrogens (tertiary/aromatic N) is 2. The van der Waals surface area contributed by atoms with Crippen molar-refractivity contribution < 1.29 is 14.3 Å². The number of carbonyl (C=O) groups excluding carboxylic acids is 2. The molecule has 34 heavy (non-hydrogen) atoms. The van der Waals surface area contributed by atoms with Gasteiger partial charge in [-0.3, -0.25) is 9.59 Å². The van der Waals surface area contributed by atoms with Crippen LogP contribution < -0.4 is 5.56 Å². The van der Waals surface area contributed by atoms with Crippen molar-refractivity contribution in [2.24, 2.45) is 5.92 Å². The van der Waals surface area contributed by atoms with Gasteiger partial charge in [-0.1, -0.05) is 54.1 Å². The zero-order valence-corrected chi connectivity index (χ0v) is 19.0. The Bertz CT molecular complexity index is 1340. The molecule has 4 atom stereocenters. The highest BCUT2D eigenvalue weighted by molar-refractivity contribution is 5.97. The van der Waals surface area contributed by atoms with E-state index in [-0.39, 0.29) is 23.3 Å². The molecule has 4 heterocycles. The number of aromatic nitrogens is 1. The van der Waals surface area contributed by atoms with Crippen molar-refractivity contribution >= 4 is 11.9 Å². The Kier molecular flexibility index (Phi) is 4.90. The van der Waals surface area contributed by atoms with Crippen molar-refractivity contribution in [2.75, 3.05) is 13.1 Å². The molecule has 0 spiro atoms. The number of benzene rings is 2. The molecule has 2 aromatic carbocycles. The minimum absolute atomic E-state index is 0.0213. The molecule has 2 bridgehead atoms. The molecule has 3 aliphatic rings. The van der Waals surface area contributed by atoms with Crippen LogP contribution >= 0.6 is 0 Å². The fourth-order valence-corrected chi connectivity index (χ4v) is 5.92. The maximum Gasteiger partial charge on any atom is 0.339 e. The molecule has 6 rings (SSSR count). The molecule has 172 valence electrons. The summed E-state index contributed by atoms with van der Waals surface area (Å²) in [7, 11) is 0. The molecule has 0 radical (unpaired) electrons. The van der Waals surface area contributed by atoms with E-state index >= 15 is 0 Å². The van der Waals surface area contributed by atoms with Crippen LogP contribution in [0.25, 0.3) is 0 Å². The van der Waals surface area contributed by atoms with Crippen molar-refractivity contribution in [1.82, 2.24) is 9.47 Å². The molecule has 4 unspecified atom stereocenters. The Balaban J connectivity index is 1.38. The van der Waals surface area contributed by atoms with Crippen LogP contribution in [0.15, 0.2) is 71.5 Å². The molecular formula is C28H26N2O4. The summed E-state index contributed by atoms with van der Waals surface area (Å²) in [5.74, 6) is -0.659. The first kappa shape index (κ1) is 20.9. The fourth-order valence-electron chi connectivity index (χ4n) is 5.92. The highest BCUT2D eigenvalue weighted by atomic mass is 16.5. The van der Waals surface area contributed by atoms with Crippen molar-refractivity contribution in [1.29, 1.82) is 0 Å². The molecule has 0 N–H and O–H groups in total. The maximum atomic E-state index is 14.1. The van der Waals surface area contributed by atoms with Crippen LogP contribution in [0.2, 0.25) is 0 Å². The number of hydrogen-bond acceptors (Lipinski definition) is 4. The second-order valence-corrected chi connectivity index (χ2v) is 9.74. The minimum atomic E-state index is -0.674. The number of likely N-dealkylation sites (tertiary alicyclic amines) is 1. The normalized spacial score (nSPS) is 25.2. The third-order valence-corrected chi connectivity index (χ3v) is 7.52. The number of carbonyl (C=O) groups is 2. The quantitative estimate of drug-likeness (QED) is 0.553. The lowest BCUT2D eigenvalue weighted by Crippen LogP contribution is -2.51. The number of piperidine rings is 1. The van der Waals surface area contributed by atoms with Crippen LogP contribution in [0.4, 0.5) is 0 Å². The number of pyridine rings is 1. The minimum Gasteiger partial charge on any atom is -0.453 e. The van der Waals surface area contributed by atoms with Gasteiger partial charge in [0.25, 0.3) is 5.56 Å². The monoisotopic (exact) mass is 454 g/mol. The summed E-state index contributed by atoms with van der Waals surface area (Å²) in [6, 6.07) is 20.5. The number of aryl methyl sites for hydroxylation is 1.